The van der Waals surface area contributed by atoms with Gasteiger partial charge in [0.25, 0.3) is 0 Å². The summed E-state index contributed by atoms with van der Waals surface area (Å²) in [6.45, 7) is 7.20. The molecule has 1 amide bonds. The van der Waals surface area contributed by atoms with Crippen molar-refractivity contribution in [1.29, 1.82) is 0 Å². The fourth-order valence-corrected chi connectivity index (χ4v) is 4.53. The summed E-state index contributed by atoms with van der Waals surface area (Å²) in [6.07, 6.45) is 15.4. The fourth-order valence-electron chi connectivity index (χ4n) is 4.53. The van der Waals surface area contributed by atoms with Crippen LogP contribution in [-0.2, 0) is 11.2 Å². The van der Waals surface area contributed by atoms with Gasteiger partial charge in [0.05, 0.1) is 6.10 Å². The molecule has 1 aromatic carbocycles. The molecule has 0 spiro atoms. The predicted octanol–water partition coefficient (Wildman–Crippen LogP) is 5.70. The highest BCUT2D eigenvalue weighted by molar-refractivity contribution is 5.75. The molecule has 2 rings (SSSR count). The summed E-state index contributed by atoms with van der Waals surface area (Å²) in [4.78, 5) is 11.5. The van der Waals surface area contributed by atoms with Crippen LogP contribution in [0.2, 0.25) is 0 Å². The molecular formula is C27H41NO2. The van der Waals surface area contributed by atoms with E-state index < -0.39 is 0 Å². The summed E-state index contributed by atoms with van der Waals surface area (Å²) in [6, 6.07) is 10.7. The molecule has 3 nitrogen and oxygen atoms in total. The van der Waals surface area contributed by atoms with Crippen molar-refractivity contribution < 1.29 is 9.90 Å². The summed E-state index contributed by atoms with van der Waals surface area (Å²) >= 11 is 0. The van der Waals surface area contributed by atoms with Crippen molar-refractivity contribution in [2.45, 2.75) is 71.8 Å². The number of aliphatic hydroxyl groups is 1. The quantitative estimate of drug-likeness (QED) is 0.342. The van der Waals surface area contributed by atoms with Gasteiger partial charge in [0, 0.05) is 13.0 Å². The molecule has 0 bridgehead atoms. The SMILES string of the molecule is CCNC(=O)CCC/C=C\C[C@@H]1[C@@H](/C=C/[C@@H](C)CCc2ccccc2)[C@H](C)C[C@@H]1O. The van der Waals surface area contributed by atoms with Crippen LogP contribution in [0.15, 0.2) is 54.6 Å². The number of allylic oxidation sites excluding steroid dienone is 4. The van der Waals surface area contributed by atoms with Crippen molar-refractivity contribution in [1.82, 2.24) is 5.32 Å². The van der Waals surface area contributed by atoms with Crippen molar-refractivity contribution in [3.63, 3.8) is 0 Å². The second-order valence-corrected chi connectivity index (χ2v) is 8.96. The first-order valence-corrected chi connectivity index (χ1v) is 11.8. The second-order valence-electron chi connectivity index (χ2n) is 8.96. The van der Waals surface area contributed by atoms with Gasteiger partial charge >= 0.3 is 0 Å². The molecule has 1 fully saturated rings. The van der Waals surface area contributed by atoms with Crippen LogP contribution in [0.5, 0.6) is 0 Å². The second kappa shape index (κ2) is 13.4. The molecular weight excluding hydrogens is 370 g/mol. The van der Waals surface area contributed by atoms with Gasteiger partial charge in [-0.2, -0.15) is 0 Å². The predicted molar refractivity (Wildman–Crippen MR) is 126 cm³/mol. The minimum atomic E-state index is -0.214. The highest BCUT2D eigenvalue weighted by atomic mass is 16.3. The normalized spacial score (nSPS) is 25.2. The highest BCUT2D eigenvalue weighted by Crippen LogP contribution is 2.40. The molecule has 166 valence electrons. The van der Waals surface area contributed by atoms with E-state index in [1.54, 1.807) is 0 Å². The maximum absolute atomic E-state index is 11.5. The standard InChI is InChI=1S/C27H41NO2/c1-4-28-27(30)15-11-6-5-10-14-25-24(22(3)20-26(25)29)19-17-21(2)16-18-23-12-8-7-9-13-23/h5,7-10,12-13,17,19,21-22,24-26,29H,4,6,11,14-16,18,20H2,1-3H3,(H,28,30)/b10-5-,19-17+/t21-,22+,24-,25+,26-/m0/s1. The third-order valence-corrected chi connectivity index (χ3v) is 6.38. The number of benzene rings is 1. The Morgan fingerprint density at radius 3 is 2.77 bits per heavy atom. The Balaban J connectivity index is 1.78. The van der Waals surface area contributed by atoms with Gasteiger partial charge in [-0.3, -0.25) is 4.79 Å². The van der Waals surface area contributed by atoms with Gasteiger partial charge < -0.3 is 10.4 Å². The number of carbonyl (C=O) groups is 1. The van der Waals surface area contributed by atoms with E-state index in [1.807, 2.05) is 6.92 Å². The summed E-state index contributed by atoms with van der Waals surface area (Å²) in [7, 11) is 0. The molecule has 0 radical (unpaired) electrons. The van der Waals surface area contributed by atoms with E-state index in [4.69, 9.17) is 0 Å². The van der Waals surface area contributed by atoms with Crippen molar-refractivity contribution in [3.8, 4) is 0 Å². The lowest BCUT2D eigenvalue weighted by molar-refractivity contribution is -0.121. The Morgan fingerprint density at radius 1 is 1.27 bits per heavy atom. The molecule has 0 heterocycles. The van der Waals surface area contributed by atoms with Crippen LogP contribution in [0.3, 0.4) is 0 Å². The summed E-state index contributed by atoms with van der Waals surface area (Å²) in [5.74, 6) is 1.95. The summed E-state index contributed by atoms with van der Waals surface area (Å²) in [5, 5.41) is 13.4. The average Bonchev–Trinajstić information content (AvgIpc) is 3.00. The molecule has 30 heavy (non-hydrogen) atoms. The number of aryl methyl sites for hydroxylation is 1. The zero-order valence-corrected chi connectivity index (χ0v) is 19.1. The van der Waals surface area contributed by atoms with E-state index >= 15 is 0 Å². The molecule has 3 heteroatoms. The van der Waals surface area contributed by atoms with Gasteiger partial charge in [-0.1, -0.05) is 68.5 Å². The van der Waals surface area contributed by atoms with Crippen molar-refractivity contribution in [2.24, 2.45) is 23.7 Å². The molecule has 0 unspecified atom stereocenters. The van der Waals surface area contributed by atoms with Crippen LogP contribution in [-0.4, -0.2) is 23.7 Å². The smallest absolute Gasteiger partial charge is 0.219 e. The van der Waals surface area contributed by atoms with Crippen LogP contribution in [0, 0.1) is 23.7 Å². The Hall–Kier alpha value is -1.87. The molecule has 1 aliphatic carbocycles. The monoisotopic (exact) mass is 411 g/mol. The lowest BCUT2D eigenvalue weighted by Gasteiger charge is -2.20. The highest BCUT2D eigenvalue weighted by Gasteiger charge is 2.37. The van der Waals surface area contributed by atoms with Crippen LogP contribution in [0.1, 0.15) is 64.9 Å². The molecule has 1 saturated carbocycles. The van der Waals surface area contributed by atoms with Crippen molar-refractivity contribution in [3.05, 3.63) is 60.2 Å². The summed E-state index contributed by atoms with van der Waals surface area (Å²) in [5.41, 5.74) is 1.40. The van der Waals surface area contributed by atoms with Gasteiger partial charge in [-0.25, -0.2) is 0 Å². The van der Waals surface area contributed by atoms with Crippen molar-refractivity contribution in [2.75, 3.05) is 6.54 Å². The number of carbonyl (C=O) groups excluding carboxylic acids is 1. The van der Waals surface area contributed by atoms with Gasteiger partial charge in [0.2, 0.25) is 5.91 Å². The lowest BCUT2D eigenvalue weighted by Crippen LogP contribution is -2.21. The number of rotatable bonds is 12. The first-order valence-electron chi connectivity index (χ1n) is 11.8. The average molecular weight is 412 g/mol. The fraction of sp³-hybridized carbons (Fsp3) is 0.593. The van der Waals surface area contributed by atoms with E-state index in [-0.39, 0.29) is 12.0 Å². The Labute approximate surface area is 183 Å². The molecule has 1 aliphatic rings. The topological polar surface area (TPSA) is 49.3 Å². The molecule has 0 aromatic heterocycles. The van der Waals surface area contributed by atoms with Crippen LogP contribution < -0.4 is 5.32 Å². The van der Waals surface area contributed by atoms with Gasteiger partial charge in [0.1, 0.15) is 0 Å². The van der Waals surface area contributed by atoms with Crippen molar-refractivity contribution >= 4 is 5.91 Å². The van der Waals surface area contributed by atoms with E-state index in [9.17, 15) is 9.90 Å². The molecule has 2 N–H and O–H groups in total. The molecule has 5 atom stereocenters. The molecule has 0 aliphatic heterocycles. The van der Waals surface area contributed by atoms with Crippen LogP contribution in [0.4, 0.5) is 0 Å². The maximum Gasteiger partial charge on any atom is 0.219 e. The van der Waals surface area contributed by atoms with E-state index in [2.05, 4.69) is 73.8 Å². The largest absolute Gasteiger partial charge is 0.393 e. The van der Waals surface area contributed by atoms with Gasteiger partial charge in [-0.05, 0) is 74.7 Å². The first-order chi connectivity index (χ1) is 14.5. The van der Waals surface area contributed by atoms with Gasteiger partial charge in [0.15, 0.2) is 0 Å². The number of amides is 1. The van der Waals surface area contributed by atoms with E-state index in [0.717, 1.165) is 38.5 Å². The number of hydrogen-bond donors (Lipinski definition) is 2. The first kappa shape index (κ1) is 24.4. The van der Waals surface area contributed by atoms with Gasteiger partial charge in [-0.15, -0.1) is 0 Å². The number of hydrogen-bond acceptors (Lipinski definition) is 2. The zero-order valence-electron chi connectivity index (χ0n) is 19.1. The third-order valence-electron chi connectivity index (χ3n) is 6.38. The number of nitrogens with one attached hydrogen (secondary N) is 1. The minimum Gasteiger partial charge on any atom is -0.393 e. The minimum absolute atomic E-state index is 0.137. The molecule has 0 saturated heterocycles. The number of aliphatic hydroxyl groups excluding tert-OH is 1. The van der Waals surface area contributed by atoms with Crippen LogP contribution >= 0.6 is 0 Å². The maximum atomic E-state index is 11.5. The Kier molecular flexibility index (Phi) is 10.9. The zero-order chi connectivity index (χ0) is 21.8. The molecule has 1 aromatic rings. The third kappa shape index (κ3) is 8.47. The Bertz CT molecular complexity index is 667. The van der Waals surface area contributed by atoms with E-state index in [1.165, 1.54) is 5.56 Å². The van der Waals surface area contributed by atoms with Crippen LogP contribution in [0.25, 0.3) is 0 Å². The summed E-state index contributed by atoms with van der Waals surface area (Å²) < 4.78 is 0. The van der Waals surface area contributed by atoms with E-state index in [0.29, 0.717) is 36.6 Å². The Morgan fingerprint density at radius 2 is 2.03 bits per heavy atom. The lowest BCUT2D eigenvalue weighted by atomic mass is 9.86. The number of unbranched alkanes of at least 4 members (excludes halogenated alkanes) is 1.